The summed E-state index contributed by atoms with van der Waals surface area (Å²) in [5.74, 6) is 0. The van der Waals surface area contributed by atoms with Crippen molar-refractivity contribution in [1.82, 2.24) is 0 Å². The molecule has 2 unspecified atom stereocenters. The van der Waals surface area contributed by atoms with Crippen molar-refractivity contribution in [2.45, 2.75) is 25.0 Å². The highest BCUT2D eigenvalue weighted by molar-refractivity contribution is 4.88. The first-order chi connectivity index (χ1) is 4.19. The molecule has 1 saturated heterocycles. The summed E-state index contributed by atoms with van der Waals surface area (Å²) < 4.78 is 5.05. The molecule has 0 bridgehead atoms. The minimum Gasteiger partial charge on any atom is -0.393 e. The van der Waals surface area contributed by atoms with E-state index >= 15 is 0 Å². The standard InChI is InChI=1S/C6H12O3/c1-5-6(8,4-7)2-3-9-5/h5,7-8H,2-4H2,1H3. The van der Waals surface area contributed by atoms with Crippen molar-refractivity contribution < 1.29 is 14.9 Å². The maximum Gasteiger partial charge on any atom is 0.116 e. The van der Waals surface area contributed by atoms with E-state index in [1.165, 1.54) is 0 Å². The van der Waals surface area contributed by atoms with Crippen molar-refractivity contribution in [3.05, 3.63) is 0 Å². The van der Waals surface area contributed by atoms with Gasteiger partial charge in [0.15, 0.2) is 0 Å². The lowest BCUT2D eigenvalue weighted by atomic mass is 9.98. The summed E-state index contributed by atoms with van der Waals surface area (Å²) in [7, 11) is 0. The highest BCUT2D eigenvalue weighted by atomic mass is 16.5. The van der Waals surface area contributed by atoms with Crippen LogP contribution in [0, 0.1) is 0 Å². The monoisotopic (exact) mass is 132 g/mol. The molecule has 0 saturated carbocycles. The Morgan fingerprint density at radius 3 is 2.67 bits per heavy atom. The van der Waals surface area contributed by atoms with Crippen LogP contribution >= 0.6 is 0 Å². The zero-order chi connectivity index (χ0) is 6.91. The Bertz CT molecular complexity index is 104. The van der Waals surface area contributed by atoms with Crippen molar-refractivity contribution in [1.29, 1.82) is 0 Å². The van der Waals surface area contributed by atoms with Gasteiger partial charge in [-0.25, -0.2) is 0 Å². The Balaban J connectivity index is 2.56. The van der Waals surface area contributed by atoms with E-state index in [2.05, 4.69) is 0 Å². The fourth-order valence-corrected chi connectivity index (χ4v) is 0.978. The van der Waals surface area contributed by atoms with Crippen LogP contribution in [-0.2, 0) is 4.74 Å². The van der Waals surface area contributed by atoms with Crippen LogP contribution in [-0.4, -0.2) is 35.1 Å². The summed E-state index contributed by atoms with van der Waals surface area (Å²) >= 11 is 0. The number of ether oxygens (including phenoxy) is 1. The minimum absolute atomic E-state index is 0.200. The van der Waals surface area contributed by atoms with E-state index in [0.29, 0.717) is 13.0 Å². The molecule has 1 aliphatic rings. The molecule has 54 valence electrons. The van der Waals surface area contributed by atoms with Crippen LogP contribution in [0.15, 0.2) is 0 Å². The van der Waals surface area contributed by atoms with Crippen LogP contribution in [0.4, 0.5) is 0 Å². The molecular weight excluding hydrogens is 120 g/mol. The minimum atomic E-state index is -0.972. The molecule has 1 rings (SSSR count). The van der Waals surface area contributed by atoms with Gasteiger partial charge >= 0.3 is 0 Å². The van der Waals surface area contributed by atoms with E-state index in [0.717, 1.165) is 0 Å². The molecule has 1 heterocycles. The summed E-state index contributed by atoms with van der Waals surface area (Å²) in [5, 5.41) is 18.1. The number of aliphatic hydroxyl groups is 2. The molecule has 0 radical (unpaired) electrons. The Hall–Kier alpha value is -0.120. The van der Waals surface area contributed by atoms with E-state index in [1.54, 1.807) is 6.92 Å². The summed E-state index contributed by atoms with van der Waals surface area (Å²) in [6, 6.07) is 0. The third kappa shape index (κ3) is 1.08. The lowest BCUT2D eigenvalue weighted by Gasteiger charge is -2.22. The van der Waals surface area contributed by atoms with Gasteiger partial charge in [-0.05, 0) is 6.92 Å². The van der Waals surface area contributed by atoms with E-state index in [1.807, 2.05) is 0 Å². The molecule has 0 spiro atoms. The number of hydrogen-bond acceptors (Lipinski definition) is 3. The van der Waals surface area contributed by atoms with Gasteiger partial charge in [0.05, 0.1) is 19.3 Å². The summed E-state index contributed by atoms with van der Waals surface area (Å²) in [6.07, 6.45) is 0.326. The van der Waals surface area contributed by atoms with Gasteiger partial charge in [0.25, 0.3) is 0 Å². The number of hydrogen-bond donors (Lipinski definition) is 2. The van der Waals surface area contributed by atoms with Gasteiger partial charge in [0, 0.05) is 6.42 Å². The van der Waals surface area contributed by atoms with E-state index < -0.39 is 5.60 Å². The van der Waals surface area contributed by atoms with Crippen molar-refractivity contribution in [3.63, 3.8) is 0 Å². The first-order valence-corrected chi connectivity index (χ1v) is 3.14. The highest BCUT2D eigenvalue weighted by Crippen LogP contribution is 2.24. The zero-order valence-electron chi connectivity index (χ0n) is 5.50. The Morgan fingerprint density at radius 1 is 1.78 bits per heavy atom. The van der Waals surface area contributed by atoms with Crippen LogP contribution in [0.25, 0.3) is 0 Å². The number of rotatable bonds is 1. The van der Waals surface area contributed by atoms with Crippen LogP contribution in [0.5, 0.6) is 0 Å². The zero-order valence-corrected chi connectivity index (χ0v) is 5.50. The van der Waals surface area contributed by atoms with Gasteiger partial charge in [-0.1, -0.05) is 0 Å². The van der Waals surface area contributed by atoms with Crippen molar-refractivity contribution in [2.24, 2.45) is 0 Å². The van der Waals surface area contributed by atoms with Gasteiger partial charge in [-0.3, -0.25) is 0 Å². The molecule has 3 nitrogen and oxygen atoms in total. The first kappa shape index (κ1) is 6.99. The SMILES string of the molecule is CC1OCCC1(O)CO. The topological polar surface area (TPSA) is 49.7 Å². The van der Waals surface area contributed by atoms with Crippen LogP contribution in [0.2, 0.25) is 0 Å². The Morgan fingerprint density at radius 2 is 2.44 bits per heavy atom. The molecule has 0 aromatic carbocycles. The van der Waals surface area contributed by atoms with Gasteiger partial charge in [-0.2, -0.15) is 0 Å². The van der Waals surface area contributed by atoms with E-state index in [-0.39, 0.29) is 12.7 Å². The molecule has 1 fully saturated rings. The second kappa shape index (κ2) is 2.25. The van der Waals surface area contributed by atoms with Gasteiger partial charge in [0.2, 0.25) is 0 Å². The molecule has 1 aliphatic heterocycles. The molecule has 0 amide bonds. The second-order valence-electron chi connectivity index (χ2n) is 2.52. The molecule has 3 heteroatoms. The second-order valence-corrected chi connectivity index (χ2v) is 2.52. The largest absolute Gasteiger partial charge is 0.393 e. The predicted molar refractivity (Wildman–Crippen MR) is 32.1 cm³/mol. The summed E-state index contributed by atoms with van der Waals surface area (Å²) in [6.45, 7) is 2.12. The number of aliphatic hydroxyl groups excluding tert-OH is 1. The molecular formula is C6H12O3. The van der Waals surface area contributed by atoms with Crippen molar-refractivity contribution >= 4 is 0 Å². The van der Waals surface area contributed by atoms with E-state index in [9.17, 15) is 5.11 Å². The molecule has 0 aromatic rings. The molecule has 9 heavy (non-hydrogen) atoms. The van der Waals surface area contributed by atoms with Gasteiger partial charge in [-0.15, -0.1) is 0 Å². The van der Waals surface area contributed by atoms with Crippen LogP contribution < -0.4 is 0 Å². The summed E-state index contributed by atoms with van der Waals surface area (Å²) in [5.41, 5.74) is -0.972. The normalized spacial score (nSPS) is 43.7. The lowest BCUT2D eigenvalue weighted by Crippen LogP contribution is -2.39. The van der Waals surface area contributed by atoms with Crippen molar-refractivity contribution in [2.75, 3.05) is 13.2 Å². The molecule has 2 atom stereocenters. The third-order valence-electron chi connectivity index (χ3n) is 1.93. The average molecular weight is 132 g/mol. The van der Waals surface area contributed by atoms with Crippen LogP contribution in [0.1, 0.15) is 13.3 Å². The summed E-state index contributed by atoms with van der Waals surface area (Å²) in [4.78, 5) is 0. The molecule has 0 aromatic heterocycles. The first-order valence-electron chi connectivity index (χ1n) is 3.14. The van der Waals surface area contributed by atoms with Crippen LogP contribution in [0.3, 0.4) is 0 Å². The predicted octanol–water partition coefficient (Wildman–Crippen LogP) is -0.481. The van der Waals surface area contributed by atoms with E-state index in [4.69, 9.17) is 9.84 Å². The van der Waals surface area contributed by atoms with Crippen molar-refractivity contribution in [3.8, 4) is 0 Å². The maximum atomic E-state index is 9.39. The fourth-order valence-electron chi connectivity index (χ4n) is 0.978. The highest BCUT2D eigenvalue weighted by Gasteiger charge is 2.38. The third-order valence-corrected chi connectivity index (χ3v) is 1.93. The Kier molecular flexibility index (Phi) is 1.75. The quantitative estimate of drug-likeness (QED) is 0.506. The smallest absolute Gasteiger partial charge is 0.116 e. The Labute approximate surface area is 54.3 Å². The molecule has 0 aliphatic carbocycles. The average Bonchev–Trinajstić information content (AvgIpc) is 2.15. The molecule has 2 N–H and O–H groups in total. The lowest BCUT2D eigenvalue weighted by molar-refractivity contribution is -0.0617. The fraction of sp³-hybridized carbons (Fsp3) is 1.00. The maximum absolute atomic E-state index is 9.39. The van der Waals surface area contributed by atoms with Gasteiger partial charge < -0.3 is 14.9 Å². The van der Waals surface area contributed by atoms with Gasteiger partial charge in [0.1, 0.15) is 5.60 Å².